The predicted octanol–water partition coefficient (Wildman–Crippen LogP) is 1.34. The molecular formula is C11H12N2O2. The second-order valence-electron chi connectivity index (χ2n) is 3.14. The maximum Gasteiger partial charge on any atom is 0.255 e. The van der Waals surface area contributed by atoms with E-state index in [9.17, 15) is 9.90 Å². The molecule has 1 amide bonds. The fourth-order valence-corrected chi connectivity index (χ4v) is 1.17. The van der Waals surface area contributed by atoms with Crippen molar-refractivity contribution in [3.05, 3.63) is 29.3 Å². The van der Waals surface area contributed by atoms with E-state index >= 15 is 0 Å². The monoisotopic (exact) mass is 204 g/mol. The van der Waals surface area contributed by atoms with Gasteiger partial charge in [-0.15, -0.1) is 0 Å². The van der Waals surface area contributed by atoms with Gasteiger partial charge >= 0.3 is 0 Å². The molecular weight excluding hydrogens is 192 g/mol. The minimum Gasteiger partial charge on any atom is -0.507 e. The third-order valence-corrected chi connectivity index (χ3v) is 2.00. The number of hydrogen-bond donors (Lipinski definition) is 2. The summed E-state index contributed by atoms with van der Waals surface area (Å²) in [6, 6.07) is 6.90. The van der Waals surface area contributed by atoms with Crippen LogP contribution in [0.4, 0.5) is 0 Å². The molecule has 0 aromatic heterocycles. The van der Waals surface area contributed by atoms with Gasteiger partial charge in [-0.3, -0.25) is 4.79 Å². The molecule has 78 valence electrons. The van der Waals surface area contributed by atoms with E-state index in [2.05, 4.69) is 5.32 Å². The van der Waals surface area contributed by atoms with Crippen LogP contribution >= 0.6 is 0 Å². The van der Waals surface area contributed by atoms with Gasteiger partial charge in [0.15, 0.2) is 0 Å². The fourth-order valence-electron chi connectivity index (χ4n) is 1.17. The van der Waals surface area contributed by atoms with Crippen molar-refractivity contribution in [3.63, 3.8) is 0 Å². The van der Waals surface area contributed by atoms with Crippen molar-refractivity contribution >= 4 is 5.91 Å². The first-order valence-corrected chi connectivity index (χ1v) is 4.60. The van der Waals surface area contributed by atoms with Crippen LogP contribution in [0.3, 0.4) is 0 Å². The first kappa shape index (κ1) is 11.1. The molecule has 0 heterocycles. The molecule has 1 aromatic carbocycles. The Morgan fingerprint density at radius 2 is 2.33 bits per heavy atom. The minimum atomic E-state index is -0.355. The van der Waals surface area contributed by atoms with Crippen LogP contribution in [-0.2, 0) is 0 Å². The van der Waals surface area contributed by atoms with Crippen LogP contribution in [0.2, 0.25) is 0 Å². The summed E-state index contributed by atoms with van der Waals surface area (Å²) in [5.74, 6) is -0.363. The molecule has 0 radical (unpaired) electrons. The Labute approximate surface area is 88.2 Å². The van der Waals surface area contributed by atoms with Crippen LogP contribution in [0.1, 0.15) is 22.3 Å². The topological polar surface area (TPSA) is 73.1 Å². The highest BCUT2D eigenvalue weighted by atomic mass is 16.3. The number of hydrogen-bond acceptors (Lipinski definition) is 3. The van der Waals surface area contributed by atoms with E-state index in [-0.39, 0.29) is 23.6 Å². The summed E-state index contributed by atoms with van der Waals surface area (Å²) in [6.45, 7) is 2.02. The van der Waals surface area contributed by atoms with E-state index in [0.29, 0.717) is 12.1 Å². The Balaban J connectivity index is 2.75. The Hall–Kier alpha value is -2.02. The number of aryl methyl sites for hydroxylation is 1. The third-order valence-electron chi connectivity index (χ3n) is 2.00. The predicted molar refractivity (Wildman–Crippen MR) is 55.4 cm³/mol. The number of para-hydroxylation sites is 1. The van der Waals surface area contributed by atoms with E-state index in [1.54, 1.807) is 25.1 Å². The molecule has 0 spiro atoms. The van der Waals surface area contributed by atoms with E-state index in [4.69, 9.17) is 5.26 Å². The number of benzene rings is 1. The first-order valence-electron chi connectivity index (χ1n) is 4.60. The standard InChI is InChI=1S/C11H12N2O2/c1-8-4-2-5-9(10(8)14)11(15)13-7-3-6-12/h2,4-5,14H,3,7H2,1H3,(H,13,15). The summed E-state index contributed by atoms with van der Waals surface area (Å²) >= 11 is 0. The molecule has 15 heavy (non-hydrogen) atoms. The highest BCUT2D eigenvalue weighted by molar-refractivity contribution is 5.97. The Morgan fingerprint density at radius 1 is 1.60 bits per heavy atom. The molecule has 0 fully saturated rings. The quantitative estimate of drug-likeness (QED) is 0.730. The zero-order chi connectivity index (χ0) is 11.3. The van der Waals surface area contributed by atoms with Crippen LogP contribution in [0.5, 0.6) is 5.75 Å². The maximum absolute atomic E-state index is 11.5. The van der Waals surface area contributed by atoms with Crippen LogP contribution in [0, 0.1) is 18.3 Å². The average Bonchev–Trinajstić information content (AvgIpc) is 2.22. The highest BCUT2D eigenvalue weighted by Gasteiger charge is 2.11. The average molecular weight is 204 g/mol. The van der Waals surface area contributed by atoms with Crippen LogP contribution in [0.25, 0.3) is 0 Å². The van der Waals surface area contributed by atoms with Crippen molar-refractivity contribution in [1.29, 1.82) is 5.26 Å². The second kappa shape index (κ2) is 5.01. The Morgan fingerprint density at radius 3 is 3.00 bits per heavy atom. The van der Waals surface area contributed by atoms with Gasteiger partial charge in [0, 0.05) is 6.54 Å². The molecule has 0 bridgehead atoms. The highest BCUT2D eigenvalue weighted by Crippen LogP contribution is 2.20. The van der Waals surface area contributed by atoms with Crippen molar-refractivity contribution in [2.24, 2.45) is 0 Å². The fraction of sp³-hybridized carbons (Fsp3) is 0.273. The lowest BCUT2D eigenvalue weighted by Gasteiger charge is -2.06. The van der Waals surface area contributed by atoms with Crippen molar-refractivity contribution in [3.8, 4) is 11.8 Å². The van der Waals surface area contributed by atoms with Gasteiger partial charge in [0.1, 0.15) is 5.75 Å². The number of phenols is 1. The molecule has 0 aliphatic heterocycles. The minimum absolute atomic E-state index is 0.00745. The lowest BCUT2D eigenvalue weighted by atomic mass is 10.1. The zero-order valence-corrected chi connectivity index (χ0v) is 8.45. The van der Waals surface area contributed by atoms with Gasteiger partial charge in [-0.25, -0.2) is 0 Å². The summed E-state index contributed by atoms with van der Waals surface area (Å²) in [7, 11) is 0. The summed E-state index contributed by atoms with van der Waals surface area (Å²) in [6.07, 6.45) is 0.262. The molecule has 4 nitrogen and oxygen atoms in total. The lowest BCUT2D eigenvalue weighted by Crippen LogP contribution is -2.24. The van der Waals surface area contributed by atoms with Crippen molar-refractivity contribution in [2.45, 2.75) is 13.3 Å². The number of nitriles is 1. The third kappa shape index (κ3) is 2.71. The molecule has 0 saturated carbocycles. The summed E-state index contributed by atoms with van der Waals surface area (Å²) in [4.78, 5) is 11.5. The van der Waals surface area contributed by atoms with Gasteiger partial charge in [-0.05, 0) is 18.6 Å². The van der Waals surface area contributed by atoms with Crippen molar-refractivity contribution in [2.75, 3.05) is 6.54 Å². The van der Waals surface area contributed by atoms with Gasteiger partial charge in [0.2, 0.25) is 0 Å². The number of nitrogens with zero attached hydrogens (tertiary/aromatic N) is 1. The molecule has 4 heteroatoms. The van der Waals surface area contributed by atoms with Crippen molar-refractivity contribution in [1.82, 2.24) is 5.32 Å². The molecule has 2 N–H and O–H groups in total. The molecule has 1 aromatic rings. The molecule has 0 aliphatic rings. The summed E-state index contributed by atoms with van der Waals surface area (Å²) < 4.78 is 0. The number of phenolic OH excluding ortho intramolecular Hbond substituents is 1. The van der Waals surface area contributed by atoms with E-state index < -0.39 is 0 Å². The Kier molecular flexibility index (Phi) is 3.69. The SMILES string of the molecule is Cc1cccc(C(=O)NCCC#N)c1O. The zero-order valence-electron chi connectivity index (χ0n) is 8.45. The van der Waals surface area contributed by atoms with Gasteiger partial charge < -0.3 is 10.4 Å². The lowest BCUT2D eigenvalue weighted by molar-refractivity contribution is 0.0951. The second-order valence-corrected chi connectivity index (χ2v) is 3.14. The van der Waals surface area contributed by atoms with Gasteiger partial charge in [0.25, 0.3) is 5.91 Å². The molecule has 0 unspecified atom stereocenters. The molecule has 1 rings (SSSR count). The number of amides is 1. The van der Waals surface area contributed by atoms with Crippen LogP contribution < -0.4 is 5.32 Å². The van der Waals surface area contributed by atoms with E-state index in [1.165, 1.54) is 0 Å². The van der Waals surface area contributed by atoms with Gasteiger partial charge in [-0.2, -0.15) is 5.26 Å². The van der Waals surface area contributed by atoms with Crippen molar-refractivity contribution < 1.29 is 9.90 Å². The maximum atomic E-state index is 11.5. The largest absolute Gasteiger partial charge is 0.507 e. The number of rotatable bonds is 3. The normalized spacial score (nSPS) is 9.33. The number of carbonyl (C=O) groups is 1. The number of aromatic hydroxyl groups is 1. The first-order chi connectivity index (χ1) is 7.16. The summed E-state index contributed by atoms with van der Waals surface area (Å²) in [5.41, 5.74) is 0.899. The van der Waals surface area contributed by atoms with E-state index in [0.717, 1.165) is 0 Å². The van der Waals surface area contributed by atoms with E-state index in [1.807, 2.05) is 6.07 Å². The smallest absolute Gasteiger partial charge is 0.255 e. The number of nitrogens with one attached hydrogen (secondary N) is 1. The number of carbonyl (C=O) groups excluding carboxylic acids is 1. The van der Waals surface area contributed by atoms with Crippen LogP contribution in [-0.4, -0.2) is 17.6 Å². The Bertz CT molecular complexity index is 408. The molecule has 0 atom stereocenters. The molecule has 0 aliphatic carbocycles. The summed E-state index contributed by atoms with van der Waals surface area (Å²) in [5, 5.41) is 20.4. The van der Waals surface area contributed by atoms with Gasteiger partial charge in [0.05, 0.1) is 18.1 Å². The van der Waals surface area contributed by atoms with Crippen LogP contribution in [0.15, 0.2) is 18.2 Å². The van der Waals surface area contributed by atoms with Gasteiger partial charge in [-0.1, -0.05) is 12.1 Å². The molecule has 0 saturated heterocycles.